The molecule has 0 spiro atoms. The molecule has 4 N–H and O–H groups in total. The van der Waals surface area contributed by atoms with Gasteiger partial charge in [-0.15, -0.1) is 0 Å². The zero-order chi connectivity index (χ0) is 11.6. The molecule has 1 saturated carbocycles. The van der Waals surface area contributed by atoms with Crippen LogP contribution in [0.2, 0.25) is 0 Å². The van der Waals surface area contributed by atoms with Gasteiger partial charge in [0.2, 0.25) is 5.13 Å². The van der Waals surface area contributed by atoms with Crippen LogP contribution in [0.1, 0.15) is 24.6 Å². The summed E-state index contributed by atoms with van der Waals surface area (Å²) in [6.45, 7) is -1.09. The Morgan fingerprint density at radius 3 is 2.38 bits per heavy atom. The summed E-state index contributed by atoms with van der Waals surface area (Å²) in [5.41, 5.74) is -1.12. The van der Waals surface area contributed by atoms with Crippen molar-refractivity contribution in [3.63, 3.8) is 0 Å². The fourth-order valence-corrected chi connectivity index (χ4v) is 2.05. The molecular weight excluding hydrogens is 230 g/mol. The lowest BCUT2D eigenvalue weighted by molar-refractivity contribution is 0.0833. The lowest BCUT2D eigenvalue weighted by Crippen LogP contribution is -2.49. The normalized spacial score (nSPS) is 16.4. The number of aromatic nitrogens is 2. The van der Waals surface area contributed by atoms with Crippen LogP contribution in [0.4, 0.5) is 5.13 Å². The number of anilines is 1. The molecule has 0 radical (unpaired) electrons. The average Bonchev–Trinajstić information content (AvgIpc) is 3.08. The zero-order valence-corrected chi connectivity index (χ0v) is 9.57. The maximum Gasteiger partial charge on any atom is 0.203 e. The molecule has 1 aromatic rings. The summed E-state index contributed by atoms with van der Waals surface area (Å²) in [5.74, 6) is 1.29. The van der Waals surface area contributed by atoms with Gasteiger partial charge in [-0.1, -0.05) is 0 Å². The Hall–Kier alpha value is -0.760. The first kappa shape index (κ1) is 11.7. The van der Waals surface area contributed by atoms with Crippen LogP contribution in [-0.2, 0) is 0 Å². The molecule has 0 saturated heterocycles. The topological polar surface area (TPSA) is 98.5 Å². The van der Waals surface area contributed by atoms with Crippen molar-refractivity contribution in [1.29, 1.82) is 0 Å². The summed E-state index contributed by atoms with van der Waals surface area (Å²) >= 11 is 1.19. The van der Waals surface area contributed by atoms with Crippen LogP contribution < -0.4 is 5.32 Å². The van der Waals surface area contributed by atoms with Crippen LogP contribution in [0, 0.1) is 0 Å². The highest BCUT2D eigenvalue weighted by Crippen LogP contribution is 2.39. The summed E-state index contributed by atoms with van der Waals surface area (Å²) in [5, 5.41) is 30.8. The highest BCUT2D eigenvalue weighted by atomic mass is 32.1. The molecule has 1 aromatic heterocycles. The fraction of sp³-hybridized carbons (Fsp3) is 0.778. The first-order chi connectivity index (χ1) is 7.73. The van der Waals surface area contributed by atoms with Crippen molar-refractivity contribution < 1.29 is 15.3 Å². The molecule has 0 atom stereocenters. The van der Waals surface area contributed by atoms with Crippen LogP contribution >= 0.6 is 11.5 Å². The molecule has 16 heavy (non-hydrogen) atoms. The second-order valence-electron chi connectivity index (χ2n) is 4.11. The summed E-state index contributed by atoms with van der Waals surface area (Å²) in [4.78, 5) is 4.26. The Morgan fingerprint density at radius 1 is 1.25 bits per heavy atom. The van der Waals surface area contributed by atoms with E-state index in [4.69, 9.17) is 15.3 Å². The molecule has 0 unspecified atom stereocenters. The van der Waals surface area contributed by atoms with Crippen molar-refractivity contribution in [2.75, 3.05) is 25.1 Å². The molecule has 6 nitrogen and oxygen atoms in total. The molecule has 0 aromatic carbocycles. The van der Waals surface area contributed by atoms with Gasteiger partial charge < -0.3 is 20.6 Å². The highest BCUT2D eigenvalue weighted by Gasteiger charge is 2.31. The van der Waals surface area contributed by atoms with E-state index in [1.54, 1.807) is 0 Å². The molecule has 1 heterocycles. The molecule has 0 amide bonds. The second-order valence-corrected chi connectivity index (χ2v) is 4.86. The number of nitrogens with zero attached hydrogens (tertiary/aromatic N) is 2. The monoisotopic (exact) mass is 245 g/mol. The Morgan fingerprint density at radius 2 is 1.88 bits per heavy atom. The summed E-state index contributed by atoms with van der Waals surface area (Å²) < 4.78 is 4.19. The standard InChI is InChI=1S/C9H15N3O3S/c13-3-9(4-14,5-15)11-8-10-7(12-16-8)6-1-2-6/h6,13-15H,1-5H2,(H,10,11,12). The van der Waals surface area contributed by atoms with E-state index in [0.717, 1.165) is 18.7 Å². The third-order valence-corrected chi connectivity index (χ3v) is 3.31. The van der Waals surface area contributed by atoms with Gasteiger partial charge >= 0.3 is 0 Å². The van der Waals surface area contributed by atoms with E-state index in [-0.39, 0.29) is 19.8 Å². The number of nitrogens with one attached hydrogen (secondary N) is 1. The maximum absolute atomic E-state index is 9.14. The van der Waals surface area contributed by atoms with Crippen molar-refractivity contribution in [3.8, 4) is 0 Å². The van der Waals surface area contributed by atoms with E-state index in [2.05, 4.69) is 14.7 Å². The predicted molar refractivity (Wildman–Crippen MR) is 59.5 cm³/mol. The third-order valence-electron chi connectivity index (χ3n) is 2.66. The summed E-state index contributed by atoms with van der Waals surface area (Å²) in [6, 6.07) is 0. The van der Waals surface area contributed by atoms with E-state index in [9.17, 15) is 0 Å². The number of hydrogen-bond donors (Lipinski definition) is 4. The smallest absolute Gasteiger partial charge is 0.203 e. The molecule has 1 aliphatic rings. The van der Waals surface area contributed by atoms with Crippen molar-refractivity contribution in [2.24, 2.45) is 0 Å². The number of rotatable bonds is 6. The van der Waals surface area contributed by atoms with E-state index >= 15 is 0 Å². The maximum atomic E-state index is 9.14. The molecule has 1 aliphatic carbocycles. The molecule has 1 fully saturated rings. The van der Waals surface area contributed by atoms with Gasteiger partial charge in [-0.05, 0) is 12.8 Å². The minimum Gasteiger partial charge on any atom is -0.394 e. The summed E-state index contributed by atoms with van der Waals surface area (Å²) in [6.07, 6.45) is 2.25. The Kier molecular flexibility index (Phi) is 3.38. The second kappa shape index (κ2) is 4.62. The van der Waals surface area contributed by atoms with E-state index < -0.39 is 5.54 Å². The van der Waals surface area contributed by atoms with Gasteiger partial charge in [0, 0.05) is 17.5 Å². The highest BCUT2D eigenvalue weighted by molar-refractivity contribution is 7.09. The SMILES string of the molecule is OCC(CO)(CO)Nc1nc(C2CC2)ns1. The first-order valence-corrected chi connectivity index (χ1v) is 5.95. The van der Waals surface area contributed by atoms with Crippen LogP contribution in [0.25, 0.3) is 0 Å². The molecule has 0 aliphatic heterocycles. The lowest BCUT2D eigenvalue weighted by atomic mass is 10.0. The van der Waals surface area contributed by atoms with Crippen molar-refractivity contribution >= 4 is 16.7 Å². The molecular formula is C9H15N3O3S. The lowest BCUT2D eigenvalue weighted by Gasteiger charge is -2.27. The van der Waals surface area contributed by atoms with Gasteiger partial charge in [-0.3, -0.25) is 0 Å². The van der Waals surface area contributed by atoms with Gasteiger partial charge in [-0.25, -0.2) is 4.98 Å². The van der Waals surface area contributed by atoms with Gasteiger partial charge in [0.15, 0.2) is 0 Å². The fourth-order valence-electron chi connectivity index (χ4n) is 1.29. The van der Waals surface area contributed by atoms with Gasteiger partial charge in [0.1, 0.15) is 11.4 Å². The zero-order valence-electron chi connectivity index (χ0n) is 8.76. The average molecular weight is 245 g/mol. The van der Waals surface area contributed by atoms with Crippen molar-refractivity contribution in [2.45, 2.75) is 24.3 Å². The van der Waals surface area contributed by atoms with Crippen molar-refractivity contribution in [1.82, 2.24) is 9.36 Å². The van der Waals surface area contributed by atoms with Crippen LogP contribution in [0.3, 0.4) is 0 Å². The molecule has 7 heteroatoms. The first-order valence-electron chi connectivity index (χ1n) is 5.17. The Balaban J connectivity index is 2.05. The summed E-state index contributed by atoms with van der Waals surface area (Å²) in [7, 11) is 0. The van der Waals surface area contributed by atoms with Gasteiger partial charge in [-0.2, -0.15) is 4.37 Å². The molecule has 90 valence electrons. The van der Waals surface area contributed by atoms with E-state index in [1.165, 1.54) is 11.5 Å². The van der Waals surface area contributed by atoms with E-state index in [1.807, 2.05) is 0 Å². The van der Waals surface area contributed by atoms with E-state index in [0.29, 0.717) is 11.0 Å². The number of hydrogen-bond acceptors (Lipinski definition) is 7. The van der Waals surface area contributed by atoms with Crippen LogP contribution in [0.15, 0.2) is 0 Å². The number of aliphatic hydroxyl groups excluding tert-OH is 3. The molecule has 2 rings (SSSR count). The van der Waals surface area contributed by atoms with Crippen LogP contribution in [-0.4, -0.2) is 50.0 Å². The quantitative estimate of drug-likeness (QED) is 0.541. The minimum absolute atomic E-state index is 0.363. The Labute approximate surface area is 97.1 Å². The number of aliphatic hydroxyl groups is 3. The van der Waals surface area contributed by atoms with Crippen LogP contribution in [0.5, 0.6) is 0 Å². The minimum atomic E-state index is -1.12. The van der Waals surface area contributed by atoms with Gasteiger partial charge in [0.05, 0.1) is 19.8 Å². The third kappa shape index (κ3) is 2.32. The predicted octanol–water partition coefficient (Wildman–Crippen LogP) is -0.457. The Bertz CT molecular complexity index is 341. The largest absolute Gasteiger partial charge is 0.394 e. The van der Waals surface area contributed by atoms with Gasteiger partial charge in [0.25, 0.3) is 0 Å². The molecule has 0 bridgehead atoms. The van der Waals surface area contributed by atoms with Crippen molar-refractivity contribution in [3.05, 3.63) is 5.82 Å².